The molecule has 0 amide bonds. The molecule has 1 aromatic carbocycles. The molecule has 4 heteroatoms. The SMILES string of the molecule is CCCc1ccccc1C(C(=O)OCC)C(=O)OCC. The van der Waals surface area contributed by atoms with Gasteiger partial charge in [-0.05, 0) is 31.4 Å². The van der Waals surface area contributed by atoms with Gasteiger partial charge in [0.15, 0.2) is 5.92 Å². The largest absolute Gasteiger partial charge is 0.465 e. The second-order valence-electron chi connectivity index (χ2n) is 4.39. The van der Waals surface area contributed by atoms with Crippen LogP contribution in [-0.4, -0.2) is 25.2 Å². The second kappa shape index (κ2) is 8.35. The Morgan fingerprint density at radius 2 is 1.55 bits per heavy atom. The fourth-order valence-corrected chi connectivity index (χ4v) is 2.11. The molecule has 0 saturated heterocycles. The fraction of sp³-hybridized carbons (Fsp3) is 0.500. The summed E-state index contributed by atoms with van der Waals surface area (Å²) in [6, 6.07) is 7.45. The number of carbonyl (C=O) groups excluding carboxylic acids is 2. The highest BCUT2D eigenvalue weighted by molar-refractivity contribution is 6.01. The molecule has 0 atom stereocenters. The van der Waals surface area contributed by atoms with Crippen LogP contribution in [0, 0.1) is 0 Å². The van der Waals surface area contributed by atoms with Gasteiger partial charge >= 0.3 is 11.9 Å². The van der Waals surface area contributed by atoms with Crippen molar-refractivity contribution in [3.63, 3.8) is 0 Å². The molecule has 0 fully saturated rings. The van der Waals surface area contributed by atoms with Crippen LogP contribution in [0.4, 0.5) is 0 Å². The van der Waals surface area contributed by atoms with E-state index in [1.54, 1.807) is 19.9 Å². The van der Waals surface area contributed by atoms with E-state index in [0.29, 0.717) is 5.56 Å². The van der Waals surface area contributed by atoms with Crippen LogP contribution in [0.25, 0.3) is 0 Å². The van der Waals surface area contributed by atoms with E-state index in [2.05, 4.69) is 6.92 Å². The van der Waals surface area contributed by atoms with Crippen LogP contribution in [-0.2, 0) is 25.5 Å². The second-order valence-corrected chi connectivity index (χ2v) is 4.39. The van der Waals surface area contributed by atoms with E-state index >= 15 is 0 Å². The molecule has 0 aliphatic rings. The van der Waals surface area contributed by atoms with Crippen molar-refractivity contribution in [2.45, 2.75) is 39.5 Å². The van der Waals surface area contributed by atoms with Gasteiger partial charge in [-0.1, -0.05) is 37.6 Å². The third-order valence-corrected chi connectivity index (χ3v) is 2.93. The van der Waals surface area contributed by atoms with E-state index in [4.69, 9.17) is 9.47 Å². The van der Waals surface area contributed by atoms with E-state index in [0.717, 1.165) is 18.4 Å². The molecule has 4 nitrogen and oxygen atoms in total. The maximum Gasteiger partial charge on any atom is 0.324 e. The lowest BCUT2D eigenvalue weighted by atomic mass is 9.92. The van der Waals surface area contributed by atoms with Crippen molar-refractivity contribution < 1.29 is 19.1 Å². The lowest BCUT2D eigenvalue weighted by molar-refractivity contribution is -0.156. The Bertz CT molecular complexity index is 436. The topological polar surface area (TPSA) is 52.6 Å². The molecule has 0 heterocycles. The molecule has 1 aromatic rings. The van der Waals surface area contributed by atoms with E-state index in [1.165, 1.54) is 0 Å². The Hall–Kier alpha value is -1.84. The number of rotatable bonds is 7. The minimum absolute atomic E-state index is 0.241. The Morgan fingerprint density at radius 1 is 1.00 bits per heavy atom. The zero-order valence-electron chi connectivity index (χ0n) is 12.3. The highest BCUT2D eigenvalue weighted by Crippen LogP contribution is 2.24. The first kappa shape index (κ1) is 16.2. The van der Waals surface area contributed by atoms with Crippen LogP contribution < -0.4 is 0 Å². The smallest absolute Gasteiger partial charge is 0.324 e. The van der Waals surface area contributed by atoms with Gasteiger partial charge in [-0.3, -0.25) is 9.59 Å². The normalized spacial score (nSPS) is 10.4. The van der Waals surface area contributed by atoms with Crippen LogP contribution in [0.2, 0.25) is 0 Å². The molecule has 0 aromatic heterocycles. The first-order chi connectivity index (χ1) is 9.65. The molecule has 0 N–H and O–H groups in total. The Morgan fingerprint density at radius 3 is 2.05 bits per heavy atom. The quantitative estimate of drug-likeness (QED) is 0.568. The van der Waals surface area contributed by atoms with E-state index in [9.17, 15) is 9.59 Å². The molecular weight excluding hydrogens is 256 g/mol. The Balaban J connectivity index is 3.15. The highest BCUT2D eigenvalue weighted by atomic mass is 16.6. The summed E-state index contributed by atoms with van der Waals surface area (Å²) in [5, 5.41) is 0. The summed E-state index contributed by atoms with van der Waals surface area (Å²) in [6.45, 7) is 5.98. The zero-order chi connectivity index (χ0) is 15.0. The highest BCUT2D eigenvalue weighted by Gasteiger charge is 2.32. The van der Waals surface area contributed by atoms with Crippen LogP contribution in [0.1, 0.15) is 44.2 Å². The number of ether oxygens (including phenoxy) is 2. The van der Waals surface area contributed by atoms with Gasteiger partial charge in [0.05, 0.1) is 13.2 Å². The third kappa shape index (κ3) is 4.08. The monoisotopic (exact) mass is 278 g/mol. The number of hydrogen-bond donors (Lipinski definition) is 0. The molecule has 0 unspecified atom stereocenters. The summed E-state index contributed by atoms with van der Waals surface area (Å²) in [5.74, 6) is -2.08. The van der Waals surface area contributed by atoms with Crippen molar-refractivity contribution in [1.82, 2.24) is 0 Å². The summed E-state index contributed by atoms with van der Waals surface area (Å²) in [6.07, 6.45) is 1.75. The van der Waals surface area contributed by atoms with Gasteiger partial charge in [-0.25, -0.2) is 0 Å². The van der Waals surface area contributed by atoms with Crippen molar-refractivity contribution in [1.29, 1.82) is 0 Å². The van der Waals surface area contributed by atoms with Gasteiger partial charge in [-0.2, -0.15) is 0 Å². The maximum absolute atomic E-state index is 12.1. The molecular formula is C16H22O4. The van der Waals surface area contributed by atoms with E-state index < -0.39 is 17.9 Å². The summed E-state index contributed by atoms with van der Waals surface area (Å²) in [4.78, 5) is 24.2. The summed E-state index contributed by atoms with van der Waals surface area (Å²) in [5.41, 5.74) is 1.67. The molecule has 0 aliphatic carbocycles. The zero-order valence-corrected chi connectivity index (χ0v) is 12.3. The molecule has 0 spiro atoms. The summed E-state index contributed by atoms with van der Waals surface area (Å²) < 4.78 is 10.0. The van der Waals surface area contributed by atoms with E-state index in [1.807, 2.05) is 18.2 Å². The number of hydrogen-bond acceptors (Lipinski definition) is 4. The molecule has 20 heavy (non-hydrogen) atoms. The van der Waals surface area contributed by atoms with Crippen LogP contribution in [0.15, 0.2) is 24.3 Å². The average molecular weight is 278 g/mol. The van der Waals surface area contributed by atoms with Crippen molar-refractivity contribution in [2.75, 3.05) is 13.2 Å². The lowest BCUT2D eigenvalue weighted by Crippen LogP contribution is -2.27. The number of aryl methyl sites for hydroxylation is 1. The first-order valence-electron chi connectivity index (χ1n) is 7.06. The van der Waals surface area contributed by atoms with Gasteiger partial charge < -0.3 is 9.47 Å². The van der Waals surface area contributed by atoms with Crippen LogP contribution >= 0.6 is 0 Å². The number of benzene rings is 1. The molecule has 1 rings (SSSR count). The van der Waals surface area contributed by atoms with Crippen molar-refractivity contribution >= 4 is 11.9 Å². The number of esters is 2. The van der Waals surface area contributed by atoms with Crippen molar-refractivity contribution in [3.8, 4) is 0 Å². The average Bonchev–Trinajstić information content (AvgIpc) is 2.42. The molecule has 110 valence electrons. The van der Waals surface area contributed by atoms with Crippen molar-refractivity contribution in [3.05, 3.63) is 35.4 Å². The predicted octanol–water partition coefficient (Wildman–Crippen LogP) is 2.85. The van der Waals surface area contributed by atoms with Gasteiger partial charge in [-0.15, -0.1) is 0 Å². The predicted molar refractivity (Wildman–Crippen MR) is 76.4 cm³/mol. The standard InChI is InChI=1S/C16H22O4/c1-4-9-12-10-7-8-11-13(12)14(15(17)19-5-2)16(18)20-6-3/h7-8,10-11,14H,4-6,9H2,1-3H3. The van der Waals surface area contributed by atoms with Gasteiger partial charge in [0.25, 0.3) is 0 Å². The summed E-state index contributed by atoms with van der Waals surface area (Å²) in [7, 11) is 0. The van der Waals surface area contributed by atoms with E-state index in [-0.39, 0.29) is 13.2 Å². The molecule has 0 saturated carbocycles. The van der Waals surface area contributed by atoms with Gasteiger partial charge in [0.2, 0.25) is 0 Å². The fourth-order valence-electron chi connectivity index (χ4n) is 2.11. The minimum atomic E-state index is -0.988. The third-order valence-electron chi connectivity index (χ3n) is 2.93. The first-order valence-corrected chi connectivity index (χ1v) is 7.06. The van der Waals surface area contributed by atoms with Crippen LogP contribution in [0.3, 0.4) is 0 Å². The Kier molecular flexibility index (Phi) is 6.77. The molecule has 0 aliphatic heterocycles. The van der Waals surface area contributed by atoms with Crippen LogP contribution in [0.5, 0.6) is 0 Å². The van der Waals surface area contributed by atoms with Gasteiger partial charge in [0.1, 0.15) is 0 Å². The maximum atomic E-state index is 12.1. The summed E-state index contributed by atoms with van der Waals surface area (Å²) >= 11 is 0. The molecule has 0 bridgehead atoms. The lowest BCUT2D eigenvalue weighted by Gasteiger charge is -2.17. The number of carbonyl (C=O) groups is 2. The van der Waals surface area contributed by atoms with Crippen molar-refractivity contribution in [2.24, 2.45) is 0 Å². The minimum Gasteiger partial charge on any atom is -0.465 e. The molecule has 0 radical (unpaired) electrons. The van der Waals surface area contributed by atoms with Gasteiger partial charge in [0, 0.05) is 0 Å². The Labute approximate surface area is 120 Å².